The number of carbonyl (C=O) groups excluding carboxylic acids is 2. The van der Waals surface area contributed by atoms with Crippen molar-refractivity contribution >= 4 is 56.2 Å². The molecular formula is C19H14ClN3O4S. The molecule has 0 fully saturated rings. The van der Waals surface area contributed by atoms with Crippen LogP contribution in [0.2, 0.25) is 5.02 Å². The highest BCUT2D eigenvalue weighted by atomic mass is 35.5. The Bertz CT molecular complexity index is 1130. The summed E-state index contributed by atoms with van der Waals surface area (Å²) in [6.45, 7) is 0.209. The normalized spacial score (nSPS) is 12.8. The molecule has 1 aromatic heterocycles. The monoisotopic (exact) mass is 415 g/mol. The van der Waals surface area contributed by atoms with Crippen LogP contribution < -0.4 is 10.2 Å². The number of anilines is 1. The molecule has 0 saturated carbocycles. The van der Waals surface area contributed by atoms with E-state index in [2.05, 4.69) is 5.32 Å². The SMILES string of the molecule is O=C(NCC(=O)N1CCc2ccc([N+](=O)[O-])cc21)c1sc2ccccc2c1Cl. The van der Waals surface area contributed by atoms with E-state index in [0.29, 0.717) is 28.6 Å². The number of nitro benzene ring substituents is 1. The number of nitrogens with zero attached hydrogens (tertiary/aromatic N) is 2. The molecule has 9 heteroatoms. The van der Waals surface area contributed by atoms with Crippen molar-refractivity contribution < 1.29 is 14.5 Å². The number of non-ortho nitro benzene ring substituents is 1. The van der Waals surface area contributed by atoms with Crippen LogP contribution in [-0.4, -0.2) is 29.8 Å². The summed E-state index contributed by atoms with van der Waals surface area (Å²) < 4.78 is 0.893. The van der Waals surface area contributed by atoms with E-state index in [1.807, 2.05) is 24.3 Å². The lowest BCUT2D eigenvalue weighted by Crippen LogP contribution is -2.39. The topological polar surface area (TPSA) is 92.6 Å². The number of halogens is 1. The number of rotatable bonds is 4. The molecule has 0 saturated heterocycles. The lowest BCUT2D eigenvalue weighted by Gasteiger charge is -2.17. The third-order valence-corrected chi connectivity index (χ3v) is 6.29. The average Bonchev–Trinajstić information content (AvgIpc) is 3.27. The van der Waals surface area contributed by atoms with Crippen LogP contribution in [0.5, 0.6) is 0 Å². The molecule has 2 heterocycles. The average molecular weight is 416 g/mol. The van der Waals surface area contributed by atoms with Crippen LogP contribution in [0.3, 0.4) is 0 Å². The second-order valence-corrected chi connectivity index (χ2v) is 7.72. The number of nitro groups is 1. The van der Waals surface area contributed by atoms with Crippen LogP contribution in [0.15, 0.2) is 42.5 Å². The molecule has 4 rings (SSSR count). The fourth-order valence-electron chi connectivity index (χ4n) is 3.23. The number of carbonyl (C=O) groups is 2. The van der Waals surface area contributed by atoms with Crippen molar-refractivity contribution in [2.24, 2.45) is 0 Å². The van der Waals surface area contributed by atoms with Gasteiger partial charge in [-0.05, 0) is 18.1 Å². The zero-order valence-electron chi connectivity index (χ0n) is 14.5. The summed E-state index contributed by atoms with van der Waals surface area (Å²) in [5.74, 6) is -0.747. The molecule has 0 aliphatic carbocycles. The van der Waals surface area contributed by atoms with Gasteiger partial charge in [-0.2, -0.15) is 0 Å². The predicted molar refractivity (Wildman–Crippen MR) is 108 cm³/mol. The Balaban J connectivity index is 1.48. The maximum Gasteiger partial charge on any atom is 0.271 e. The molecule has 1 aliphatic rings. The maximum atomic E-state index is 12.6. The van der Waals surface area contributed by atoms with Gasteiger partial charge in [0.25, 0.3) is 11.6 Å². The molecule has 2 amide bonds. The number of fused-ring (bicyclic) bond motifs is 2. The summed E-state index contributed by atoms with van der Waals surface area (Å²) in [6.07, 6.45) is 0.620. The van der Waals surface area contributed by atoms with Gasteiger partial charge < -0.3 is 10.2 Å². The van der Waals surface area contributed by atoms with E-state index in [4.69, 9.17) is 11.6 Å². The summed E-state index contributed by atoms with van der Waals surface area (Å²) in [6, 6.07) is 11.9. The van der Waals surface area contributed by atoms with Gasteiger partial charge in [0.05, 0.1) is 22.2 Å². The van der Waals surface area contributed by atoms with Crippen molar-refractivity contribution in [1.29, 1.82) is 0 Å². The molecule has 0 bridgehead atoms. The van der Waals surface area contributed by atoms with Crippen molar-refractivity contribution in [3.8, 4) is 0 Å². The molecule has 7 nitrogen and oxygen atoms in total. The van der Waals surface area contributed by atoms with Gasteiger partial charge in [0.15, 0.2) is 0 Å². The van der Waals surface area contributed by atoms with Crippen LogP contribution in [0, 0.1) is 10.1 Å². The standard InChI is InChI=1S/C19H14ClN3O4S/c20-17-13-3-1-2-4-15(13)28-18(17)19(25)21-10-16(24)22-8-7-11-5-6-12(23(26)27)9-14(11)22/h1-6,9H,7-8,10H2,(H,21,25). The number of nitrogens with one attached hydrogen (secondary N) is 1. The van der Waals surface area contributed by atoms with Gasteiger partial charge in [-0.3, -0.25) is 19.7 Å². The Morgan fingerprint density at radius 3 is 2.79 bits per heavy atom. The lowest BCUT2D eigenvalue weighted by molar-refractivity contribution is -0.384. The third kappa shape index (κ3) is 3.21. The first-order valence-corrected chi connectivity index (χ1v) is 9.68. The highest BCUT2D eigenvalue weighted by molar-refractivity contribution is 7.21. The second kappa shape index (κ2) is 7.21. The maximum absolute atomic E-state index is 12.6. The Labute approximate surface area is 168 Å². The summed E-state index contributed by atoms with van der Waals surface area (Å²) in [7, 11) is 0. The van der Waals surface area contributed by atoms with Gasteiger partial charge >= 0.3 is 0 Å². The number of thiophene rings is 1. The Kier molecular flexibility index (Phi) is 4.74. The molecule has 0 spiro atoms. The molecule has 0 atom stereocenters. The van der Waals surface area contributed by atoms with E-state index in [1.165, 1.54) is 28.4 Å². The molecule has 3 aromatic rings. The number of amides is 2. The van der Waals surface area contributed by atoms with E-state index in [0.717, 1.165) is 15.6 Å². The van der Waals surface area contributed by atoms with Crippen molar-refractivity contribution in [3.63, 3.8) is 0 Å². The van der Waals surface area contributed by atoms with Gasteiger partial charge in [0, 0.05) is 28.8 Å². The zero-order chi connectivity index (χ0) is 19.8. The number of benzene rings is 2. The van der Waals surface area contributed by atoms with Crippen LogP contribution in [0.1, 0.15) is 15.2 Å². The second-order valence-electron chi connectivity index (χ2n) is 6.29. The van der Waals surface area contributed by atoms with Crippen LogP contribution in [0.4, 0.5) is 11.4 Å². The molecule has 1 N–H and O–H groups in total. The van der Waals surface area contributed by atoms with E-state index < -0.39 is 10.8 Å². The molecule has 0 radical (unpaired) electrons. The first-order valence-electron chi connectivity index (χ1n) is 8.48. The minimum absolute atomic E-state index is 0.0699. The summed E-state index contributed by atoms with van der Waals surface area (Å²) in [5, 5.41) is 14.8. The summed E-state index contributed by atoms with van der Waals surface area (Å²) in [5.41, 5.74) is 1.32. The number of hydrogen-bond acceptors (Lipinski definition) is 5. The first-order chi connectivity index (χ1) is 13.5. The van der Waals surface area contributed by atoms with Gasteiger partial charge in [-0.25, -0.2) is 0 Å². The molecule has 142 valence electrons. The van der Waals surface area contributed by atoms with E-state index >= 15 is 0 Å². The number of hydrogen-bond donors (Lipinski definition) is 1. The van der Waals surface area contributed by atoms with Gasteiger partial charge in [0.2, 0.25) is 5.91 Å². The molecule has 1 aliphatic heterocycles. The summed E-state index contributed by atoms with van der Waals surface area (Å²) in [4.78, 5) is 37.4. The predicted octanol–water partition coefficient (Wildman–Crippen LogP) is 3.78. The Morgan fingerprint density at radius 2 is 2.04 bits per heavy atom. The fourth-order valence-corrected chi connectivity index (χ4v) is 4.67. The van der Waals surface area contributed by atoms with E-state index in [1.54, 1.807) is 6.07 Å². The highest BCUT2D eigenvalue weighted by Crippen LogP contribution is 2.35. The van der Waals surface area contributed by atoms with Crippen LogP contribution in [0.25, 0.3) is 10.1 Å². The molecule has 2 aromatic carbocycles. The van der Waals surface area contributed by atoms with Crippen molar-refractivity contribution in [2.45, 2.75) is 6.42 Å². The van der Waals surface area contributed by atoms with E-state index in [-0.39, 0.29) is 18.1 Å². The van der Waals surface area contributed by atoms with Crippen molar-refractivity contribution in [3.05, 3.63) is 68.0 Å². The minimum Gasteiger partial charge on any atom is -0.342 e. The smallest absolute Gasteiger partial charge is 0.271 e. The lowest BCUT2D eigenvalue weighted by atomic mass is 10.1. The van der Waals surface area contributed by atoms with E-state index in [9.17, 15) is 19.7 Å². The van der Waals surface area contributed by atoms with Gasteiger partial charge in [0.1, 0.15) is 4.88 Å². The van der Waals surface area contributed by atoms with Crippen LogP contribution in [-0.2, 0) is 11.2 Å². The summed E-state index contributed by atoms with van der Waals surface area (Å²) >= 11 is 7.56. The Morgan fingerprint density at radius 1 is 1.25 bits per heavy atom. The molecule has 28 heavy (non-hydrogen) atoms. The highest BCUT2D eigenvalue weighted by Gasteiger charge is 2.27. The van der Waals surface area contributed by atoms with Gasteiger partial charge in [-0.1, -0.05) is 35.9 Å². The third-order valence-electron chi connectivity index (χ3n) is 4.62. The molecule has 0 unspecified atom stereocenters. The van der Waals surface area contributed by atoms with Crippen molar-refractivity contribution in [2.75, 3.05) is 18.0 Å². The fraction of sp³-hybridized carbons (Fsp3) is 0.158. The minimum atomic E-state index is -0.494. The quantitative estimate of drug-likeness (QED) is 0.518. The van der Waals surface area contributed by atoms with Gasteiger partial charge in [-0.15, -0.1) is 11.3 Å². The van der Waals surface area contributed by atoms with Crippen molar-refractivity contribution in [1.82, 2.24) is 5.32 Å². The zero-order valence-corrected chi connectivity index (χ0v) is 16.0. The van der Waals surface area contributed by atoms with Crippen LogP contribution >= 0.6 is 22.9 Å². The largest absolute Gasteiger partial charge is 0.342 e. The first kappa shape index (κ1) is 18.4. The molecular weight excluding hydrogens is 402 g/mol. The Hall–Kier alpha value is -2.97.